The van der Waals surface area contributed by atoms with E-state index in [-0.39, 0.29) is 12.2 Å². The van der Waals surface area contributed by atoms with E-state index in [4.69, 9.17) is 4.42 Å². The van der Waals surface area contributed by atoms with Gasteiger partial charge in [-0.05, 0) is 98.8 Å². The van der Waals surface area contributed by atoms with Crippen molar-refractivity contribution in [1.29, 1.82) is 0 Å². The molecule has 6 aromatic carbocycles. The van der Waals surface area contributed by atoms with Gasteiger partial charge < -0.3 is 9.73 Å². The molecule has 2 heterocycles. The number of fused-ring (bicyclic) bond motifs is 4. The number of furan rings is 1. The SMILES string of the molecule is IN1C(C2=CC=C(c3ccc(-c4ccc5oc6ccccc6c5c4)cc3)CC2)C=C(C2=CCC(c3ccc4ccccc4c3)C=C2)NC1c1ccccc1. The number of hydrogen-bond acceptors (Lipinski definition) is 3. The van der Waals surface area contributed by atoms with Gasteiger partial charge in [-0.2, -0.15) is 0 Å². The highest BCUT2D eigenvalue weighted by atomic mass is 127. The van der Waals surface area contributed by atoms with Crippen molar-refractivity contribution in [2.75, 3.05) is 0 Å². The molecule has 0 spiro atoms. The maximum atomic E-state index is 6.07. The van der Waals surface area contributed by atoms with E-state index >= 15 is 0 Å². The summed E-state index contributed by atoms with van der Waals surface area (Å²) in [4.78, 5) is 0. The quantitative estimate of drug-likeness (QED) is 0.134. The number of nitrogens with zero attached hydrogens (tertiary/aromatic N) is 1. The second-order valence-electron chi connectivity index (χ2n) is 14.6. The fourth-order valence-electron chi connectivity index (χ4n) is 8.38. The number of benzene rings is 6. The average Bonchev–Trinajstić information content (AvgIpc) is 3.62. The van der Waals surface area contributed by atoms with E-state index in [1.807, 2.05) is 12.1 Å². The van der Waals surface area contributed by atoms with Crippen LogP contribution in [0.1, 0.15) is 48.0 Å². The van der Waals surface area contributed by atoms with Crippen LogP contribution in [0.4, 0.5) is 0 Å². The monoisotopic (exact) mass is 810 g/mol. The molecule has 0 bridgehead atoms. The van der Waals surface area contributed by atoms with Gasteiger partial charge in [0.05, 0.1) is 6.04 Å². The molecule has 7 aromatic rings. The zero-order valence-electron chi connectivity index (χ0n) is 29.8. The first-order chi connectivity index (χ1) is 26.6. The van der Waals surface area contributed by atoms with Crippen molar-refractivity contribution in [1.82, 2.24) is 8.43 Å². The van der Waals surface area contributed by atoms with Crippen LogP contribution in [-0.4, -0.2) is 9.16 Å². The highest BCUT2D eigenvalue weighted by Gasteiger charge is 2.33. The minimum absolute atomic E-state index is 0.0578. The smallest absolute Gasteiger partial charge is 0.135 e. The lowest BCUT2D eigenvalue weighted by atomic mass is 9.86. The van der Waals surface area contributed by atoms with Crippen LogP contribution in [0.5, 0.6) is 0 Å². The molecule has 0 amide bonds. The van der Waals surface area contributed by atoms with E-state index in [2.05, 4.69) is 195 Å². The zero-order valence-corrected chi connectivity index (χ0v) is 32.0. The van der Waals surface area contributed by atoms with Crippen molar-refractivity contribution < 1.29 is 4.42 Å². The van der Waals surface area contributed by atoms with E-state index in [9.17, 15) is 0 Å². The van der Waals surface area contributed by atoms with Crippen molar-refractivity contribution in [3.63, 3.8) is 0 Å². The second-order valence-corrected chi connectivity index (χ2v) is 15.7. The molecule has 2 aliphatic carbocycles. The fraction of sp³-hybridized carbons (Fsp3) is 0.120. The number of allylic oxidation sites excluding steroid dienone is 6. The summed E-state index contributed by atoms with van der Waals surface area (Å²) in [5.41, 5.74) is 13.5. The van der Waals surface area contributed by atoms with Crippen molar-refractivity contribution in [2.45, 2.75) is 37.4 Å². The zero-order chi connectivity index (χ0) is 36.0. The van der Waals surface area contributed by atoms with E-state index in [1.165, 1.54) is 61.0 Å². The van der Waals surface area contributed by atoms with Crippen LogP contribution in [0.15, 0.2) is 197 Å². The predicted octanol–water partition coefficient (Wildman–Crippen LogP) is 13.4. The summed E-state index contributed by atoms with van der Waals surface area (Å²) in [5.74, 6) is 0.378. The Hall–Kier alpha value is -5.43. The van der Waals surface area contributed by atoms with Crippen LogP contribution in [0.2, 0.25) is 0 Å². The van der Waals surface area contributed by atoms with Gasteiger partial charge in [0.2, 0.25) is 0 Å². The van der Waals surface area contributed by atoms with E-state index in [1.54, 1.807) is 0 Å². The van der Waals surface area contributed by atoms with Crippen LogP contribution in [0, 0.1) is 0 Å². The van der Waals surface area contributed by atoms with Gasteiger partial charge in [0.25, 0.3) is 0 Å². The van der Waals surface area contributed by atoms with Gasteiger partial charge >= 0.3 is 0 Å². The highest BCUT2D eigenvalue weighted by Crippen LogP contribution is 2.40. The third-order valence-electron chi connectivity index (χ3n) is 11.4. The third-order valence-corrected chi connectivity index (χ3v) is 12.5. The lowest BCUT2D eigenvalue weighted by Gasteiger charge is -2.40. The van der Waals surface area contributed by atoms with Gasteiger partial charge in [0.1, 0.15) is 17.3 Å². The number of nitrogens with one attached hydrogen (secondary N) is 1. The van der Waals surface area contributed by atoms with Crippen LogP contribution in [0.25, 0.3) is 49.4 Å². The van der Waals surface area contributed by atoms with Gasteiger partial charge in [0.15, 0.2) is 0 Å². The largest absolute Gasteiger partial charge is 0.456 e. The normalized spacial score (nSPS) is 20.4. The number of rotatable bonds is 6. The van der Waals surface area contributed by atoms with E-state index in [0.29, 0.717) is 5.92 Å². The summed E-state index contributed by atoms with van der Waals surface area (Å²) >= 11 is 2.54. The Labute approximate surface area is 330 Å². The van der Waals surface area contributed by atoms with E-state index in [0.717, 1.165) is 41.2 Å². The minimum Gasteiger partial charge on any atom is -0.456 e. The molecule has 3 unspecified atom stereocenters. The molecule has 1 aromatic heterocycles. The Kier molecular flexibility index (Phi) is 8.65. The summed E-state index contributed by atoms with van der Waals surface area (Å²) in [7, 11) is 0. The molecular weight excluding hydrogens is 771 g/mol. The highest BCUT2D eigenvalue weighted by molar-refractivity contribution is 14.1. The third kappa shape index (κ3) is 6.23. The topological polar surface area (TPSA) is 28.4 Å². The molecule has 3 nitrogen and oxygen atoms in total. The minimum atomic E-state index is 0.0578. The van der Waals surface area contributed by atoms with Crippen LogP contribution < -0.4 is 5.32 Å². The van der Waals surface area contributed by atoms with Gasteiger partial charge in [-0.15, -0.1) is 0 Å². The molecule has 0 saturated heterocycles. The maximum absolute atomic E-state index is 6.07. The molecule has 1 aliphatic heterocycles. The van der Waals surface area contributed by atoms with Crippen molar-refractivity contribution >= 4 is 61.1 Å². The predicted molar refractivity (Wildman–Crippen MR) is 233 cm³/mol. The lowest BCUT2D eigenvalue weighted by Crippen LogP contribution is -2.43. The molecule has 0 radical (unpaired) electrons. The molecule has 54 heavy (non-hydrogen) atoms. The Morgan fingerprint density at radius 3 is 2.20 bits per heavy atom. The Bertz CT molecular complexity index is 2700. The van der Waals surface area contributed by atoms with Crippen molar-refractivity contribution in [3.05, 3.63) is 210 Å². The van der Waals surface area contributed by atoms with Crippen LogP contribution >= 0.6 is 22.9 Å². The van der Waals surface area contributed by atoms with Gasteiger partial charge in [-0.1, -0.05) is 152 Å². The molecule has 0 fully saturated rings. The van der Waals surface area contributed by atoms with Crippen LogP contribution in [-0.2, 0) is 0 Å². The van der Waals surface area contributed by atoms with Gasteiger partial charge in [0, 0.05) is 45.3 Å². The molecule has 4 heteroatoms. The Balaban J connectivity index is 0.909. The van der Waals surface area contributed by atoms with Gasteiger partial charge in [-0.25, -0.2) is 3.11 Å². The first-order valence-corrected chi connectivity index (χ1v) is 19.9. The summed E-state index contributed by atoms with van der Waals surface area (Å²) in [5, 5.41) is 8.84. The Morgan fingerprint density at radius 2 is 1.39 bits per heavy atom. The molecule has 262 valence electrons. The van der Waals surface area contributed by atoms with Gasteiger partial charge in [-0.3, -0.25) is 0 Å². The molecule has 3 aliphatic rings. The number of hydrogen-bond donors (Lipinski definition) is 1. The van der Waals surface area contributed by atoms with E-state index < -0.39 is 0 Å². The first-order valence-electron chi connectivity index (χ1n) is 18.9. The lowest BCUT2D eigenvalue weighted by molar-refractivity contribution is 0.308. The summed E-state index contributed by atoms with van der Waals surface area (Å²) in [6.07, 6.45) is 17.4. The fourth-order valence-corrected chi connectivity index (χ4v) is 9.36. The number of para-hydroxylation sites is 1. The molecular formula is C50H39IN2O. The first kappa shape index (κ1) is 33.2. The second kappa shape index (κ2) is 14.1. The van der Waals surface area contributed by atoms with Crippen LogP contribution in [0.3, 0.4) is 0 Å². The molecule has 0 saturated carbocycles. The number of halogens is 1. The molecule has 10 rings (SSSR count). The molecule has 1 N–H and O–H groups in total. The average molecular weight is 811 g/mol. The summed E-state index contributed by atoms with van der Waals surface area (Å²) < 4.78 is 8.53. The maximum Gasteiger partial charge on any atom is 0.135 e. The molecule has 3 atom stereocenters. The van der Waals surface area contributed by atoms with Crippen molar-refractivity contribution in [3.8, 4) is 11.1 Å². The standard InChI is InChI=1S/C50H39IN2O/c51-53-47(39-25-20-35(21-26-39)34-14-16-37(17-15-34)43-28-29-49-45(31-43)44-12-6-7-13-48(44)54-49)32-46(52-50(53)40-9-2-1-3-10-40)38-23-18-36(19-24-38)42-27-22-33-8-4-5-11-41(33)30-42/h1-18,20,22-25,27-32,36,47,50,52H,19,21,26H2. The Morgan fingerprint density at radius 1 is 0.630 bits per heavy atom. The summed E-state index contributed by atoms with van der Waals surface area (Å²) in [6, 6.07) is 50.4. The van der Waals surface area contributed by atoms with Crippen molar-refractivity contribution in [2.24, 2.45) is 0 Å². The summed E-state index contributed by atoms with van der Waals surface area (Å²) in [6.45, 7) is 0.